The lowest BCUT2D eigenvalue weighted by atomic mass is 10.1. The first kappa shape index (κ1) is 16.0. The second-order valence-electron chi connectivity index (χ2n) is 5.39. The second-order valence-corrected chi connectivity index (χ2v) is 6.56. The smallest absolute Gasteiger partial charge is 0.118 e. The van der Waals surface area contributed by atoms with E-state index in [1.54, 1.807) is 7.11 Å². The number of hydrogen-bond donors (Lipinski definition) is 1. The standard InChI is InChI=1S/C17H24N2OS/c1-5-15-16(11-18-12(2)3)21-17(19-15)10-13-6-8-14(20-4)9-7-13/h6-9,12,18H,5,10-11H2,1-4H3. The molecular weight excluding hydrogens is 280 g/mol. The average Bonchev–Trinajstić information content (AvgIpc) is 2.88. The molecule has 0 radical (unpaired) electrons. The molecule has 1 aromatic carbocycles. The van der Waals surface area contributed by atoms with Crippen LogP contribution in [0.25, 0.3) is 0 Å². The zero-order chi connectivity index (χ0) is 15.2. The van der Waals surface area contributed by atoms with E-state index in [2.05, 4.69) is 38.2 Å². The van der Waals surface area contributed by atoms with Crippen molar-refractivity contribution in [1.82, 2.24) is 10.3 Å². The largest absolute Gasteiger partial charge is 0.497 e. The normalized spacial score (nSPS) is 11.1. The van der Waals surface area contributed by atoms with Crippen LogP contribution in [-0.4, -0.2) is 18.1 Å². The van der Waals surface area contributed by atoms with Crippen LogP contribution in [0.1, 0.15) is 41.9 Å². The molecular formula is C17H24N2OS. The number of nitrogens with zero attached hydrogens (tertiary/aromatic N) is 1. The molecule has 3 nitrogen and oxygen atoms in total. The van der Waals surface area contributed by atoms with Crippen LogP contribution >= 0.6 is 11.3 Å². The number of aromatic nitrogens is 1. The lowest BCUT2D eigenvalue weighted by Gasteiger charge is -2.06. The van der Waals surface area contributed by atoms with Gasteiger partial charge in [0.25, 0.3) is 0 Å². The van der Waals surface area contributed by atoms with Crippen LogP contribution in [0, 0.1) is 0 Å². The van der Waals surface area contributed by atoms with Crippen molar-refractivity contribution in [1.29, 1.82) is 0 Å². The fourth-order valence-corrected chi connectivity index (χ4v) is 3.28. The van der Waals surface area contributed by atoms with Crippen molar-refractivity contribution < 1.29 is 4.74 Å². The Morgan fingerprint density at radius 2 is 1.95 bits per heavy atom. The highest BCUT2D eigenvalue weighted by Crippen LogP contribution is 2.23. The van der Waals surface area contributed by atoms with Crippen molar-refractivity contribution in [3.63, 3.8) is 0 Å². The average molecular weight is 304 g/mol. The van der Waals surface area contributed by atoms with Gasteiger partial charge in [-0.15, -0.1) is 11.3 Å². The number of benzene rings is 1. The van der Waals surface area contributed by atoms with Crippen molar-refractivity contribution in [2.24, 2.45) is 0 Å². The summed E-state index contributed by atoms with van der Waals surface area (Å²) in [5.74, 6) is 0.897. The summed E-state index contributed by atoms with van der Waals surface area (Å²) in [5.41, 5.74) is 2.51. The van der Waals surface area contributed by atoms with Crippen LogP contribution in [0.3, 0.4) is 0 Å². The van der Waals surface area contributed by atoms with E-state index in [-0.39, 0.29) is 0 Å². The lowest BCUT2D eigenvalue weighted by Crippen LogP contribution is -2.21. The first-order valence-corrected chi connectivity index (χ1v) is 8.27. The third-order valence-electron chi connectivity index (χ3n) is 3.34. The monoisotopic (exact) mass is 304 g/mol. The van der Waals surface area contributed by atoms with Crippen molar-refractivity contribution in [2.75, 3.05) is 7.11 Å². The maximum absolute atomic E-state index is 5.19. The molecule has 1 heterocycles. The van der Waals surface area contributed by atoms with Gasteiger partial charge in [0, 0.05) is 23.9 Å². The van der Waals surface area contributed by atoms with E-state index in [1.165, 1.54) is 21.1 Å². The molecule has 1 aromatic heterocycles. The number of thiazole rings is 1. The predicted octanol–water partition coefficient (Wildman–Crippen LogP) is 3.80. The first-order valence-electron chi connectivity index (χ1n) is 7.46. The Morgan fingerprint density at radius 1 is 1.24 bits per heavy atom. The molecule has 0 atom stereocenters. The van der Waals surface area contributed by atoms with Crippen molar-refractivity contribution >= 4 is 11.3 Å². The fraction of sp³-hybridized carbons (Fsp3) is 0.471. The Hall–Kier alpha value is -1.39. The highest BCUT2D eigenvalue weighted by Gasteiger charge is 2.10. The van der Waals surface area contributed by atoms with E-state index < -0.39 is 0 Å². The van der Waals surface area contributed by atoms with Gasteiger partial charge in [-0.3, -0.25) is 0 Å². The maximum atomic E-state index is 5.19. The Kier molecular flexibility index (Phi) is 5.76. The van der Waals surface area contributed by atoms with Gasteiger partial charge in [-0.25, -0.2) is 4.98 Å². The summed E-state index contributed by atoms with van der Waals surface area (Å²) in [4.78, 5) is 6.16. The molecule has 0 aliphatic carbocycles. The molecule has 0 fully saturated rings. The van der Waals surface area contributed by atoms with Crippen LogP contribution < -0.4 is 10.1 Å². The molecule has 0 aliphatic heterocycles. The summed E-state index contributed by atoms with van der Waals surface area (Å²) >= 11 is 1.83. The van der Waals surface area contributed by atoms with Crippen molar-refractivity contribution in [3.05, 3.63) is 45.4 Å². The van der Waals surface area contributed by atoms with Gasteiger partial charge < -0.3 is 10.1 Å². The summed E-state index contributed by atoms with van der Waals surface area (Å²) in [6, 6.07) is 8.73. The molecule has 0 aliphatic rings. The third kappa shape index (κ3) is 4.55. The Labute approximate surface area is 131 Å². The highest BCUT2D eigenvalue weighted by atomic mass is 32.1. The van der Waals surface area contributed by atoms with Gasteiger partial charge in [-0.1, -0.05) is 32.9 Å². The van der Waals surface area contributed by atoms with Crippen molar-refractivity contribution in [3.8, 4) is 5.75 Å². The molecule has 0 unspecified atom stereocenters. The Morgan fingerprint density at radius 3 is 2.52 bits per heavy atom. The van der Waals surface area contributed by atoms with Crippen LogP contribution in [0.4, 0.5) is 0 Å². The number of hydrogen-bond acceptors (Lipinski definition) is 4. The number of ether oxygens (including phenoxy) is 1. The van der Waals surface area contributed by atoms with Gasteiger partial charge in [-0.05, 0) is 24.1 Å². The van der Waals surface area contributed by atoms with Gasteiger partial charge in [-0.2, -0.15) is 0 Å². The number of methoxy groups -OCH3 is 1. The zero-order valence-corrected chi connectivity index (χ0v) is 14.1. The van der Waals surface area contributed by atoms with Crippen LogP contribution in [-0.2, 0) is 19.4 Å². The summed E-state index contributed by atoms with van der Waals surface area (Å²) in [5, 5.41) is 4.67. The third-order valence-corrected chi connectivity index (χ3v) is 4.44. The van der Waals surface area contributed by atoms with Gasteiger partial charge in [0.1, 0.15) is 5.75 Å². The van der Waals surface area contributed by atoms with Crippen LogP contribution in [0.15, 0.2) is 24.3 Å². The topological polar surface area (TPSA) is 34.1 Å². The summed E-state index contributed by atoms with van der Waals surface area (Å²) in [7, 11) is 1.69. The molecule has 114 valence electrons. The van der Waals surface area contributed by atoms with E-state index in [0.717, 1.165) is 25.1 Å². The van der Waals surface area contributed by atoms with Crippen LogP contribution in [0.2, 0.25) is 0 Å². The quantitative estimate of drug-likeness (QED) is 0.845. The predicted molar refractivity (Wildman–Crippen MR) is 89.3 cm³/mol. The Balaban J connectivity index is 2.08. The van der Waals surface area contributed by atoms with E-state index in [1.807, 2.05) is 23.5 Å². The first-order chi connectivity index (χ1) is 10.1. The summed E-state index contributed by atoms with van der Waals surface area (Å²) in [6.45, 7) is 7.43. The van der Waals surface area contributed by atoms with E-state index in [0.29, 0.717) is 6.04 Å². The summed E-state index contributed by atoms with van der Waals surface area (Å²) in [6.07, 6.45) is 1.89. The van der Waals surface area contributed by atoms with E-state index >= 15 is 0 Å². The lowest BCUT2D eigenvalue weighted by molar-refractivity contribution is 0.414. The van der Waals surface area contributed by atoms with E-state index in [9.17, 15) is 0 Å². The molecule has 0 amide bonds. The molecule has 0 saturated heterocycles. The molecule has 2 rings (SSSR count). The molecule has 4 heteroatoms. The molecule has 1 N–H and O–H groups in total. The van der Waals surface area contributed by atoms with Gasteiger partial charge >= 0.3 is 0 Å². The fourth-order valence-electron chi connectivity index (χ4n) is 2.14. The minimum absolute atomic E-state index is 0.502. The summed E-state index contributed by atoms with van der Waals surface area (Å²) < 4.78 is 5.19. The maximum Gasteiger partial charge on any atom is 0.118 e. The number of aryl methyl sites for hydroxylation is 1. The second kappa shape index (κ2) is 7.57. The minimum atomic E-state index is 0.502. The zero-order valence-electron chi connectivity index (χ0n) is 13.3. The number of nitrogens with one attached hydrogen (secondary N) is 1. The minimum Gasteiger partial charge on any atom is -0.497 e. The molecule has 0 spiro atoms. The van der Waals surface area contributed by atoms with Gasteiger partial charge in [0.15, 0.2) is 0 Å². The van der Waals surface area contributed by atoms with Gasteiger partial charge in [0.05, 0.1) is 17.8 Å². The highest BCUT2D eigenvalue weighted by molar-refractivity contribution is 7.11. The van der Waals surface area contributed by atoms with E-state index in [4.69, 9.17) is 9.72 Å². The number of rotatable bonds is 7. The molecule has 0 bridgehead atoms. The van der Waals surface area contributed by atoms with Crippen LogP contribution in [0.5, 0.6) is 5.75 Å². The SMILES string of the molecule is CCc1nc(Cc2ccc(OC)cc2)sc1CNC(C)C. The molecule has 0 saturated carbocycles. The molecule has 2 aromatic rings. The van der Waals surface area contributed by atoms with Crippen molar-refractivity contribution in [2.45, 2.75) is 46.2 Å². The van der Waals surface area contributed by atoms with Gasteiger partial charge in [0.2, 0.25) is 0 Å². The Bertz CT molecular complexity index is 561. The molecule has 21 heavy (non-hydrogen) atoms.